The van der Waals surface area contributed by atoms with E-state index in [1.54, 1.807) is 11.1 Å². The first-order valence-corrected chi connectivity index (χ1v) is 8.53. The first-order chi connectivity index (χ1) is 12.2. The van der Waals surface area contributed by atoms with Gasteiger partial charge in [0.05, 0.1) is 11.8 Å². The average molecular weight is 333 g/mol. The summed E-state index contributed by atoms with van der Waals surface area (Å²) < 4.78 is 0. The second-order valence-electron chi connectivity index (χ2n) is 6.50. The van der Waals surface area contributed by atoms with Gasteiger partial charge in [0.25, 0.3) is 5.91 Å². The molecule has 1 amide bonds. The lowest BCUT2D eigenvalue weighted by Crippen LogP contribution is -2.42. The Hall–Kier alpha value is -2.95. The second-order valence-corrected chi connectivity index (χ2v) is 6.50. The first-order valence-electron chi connectivity index (χ1n) is 8.53. The molecule has 2 aromatic carbocycles. The molecule has 1 N–H and O–H groups in total. The van der Waals surface area contributed by atoms with Gasteiger partial charge in [-0.1, -0.05) is 36.4 Å². The van der Waals surface area contributed by atoms with E-state index in [-0.39, 0.29) is 17.6 Å². The third-order valence-corrected chi connectivity index (χ3v) is 4.86. The normalized spacial score (nSPS) is 17.6. The molecule has 0 spiro atoms. The van der Waals surface area contributed by atoms with Crippen LogP contribution >= 0.6 is 0 Å². The molecule has 1 fully saturated rings. The maximum atomic E-state index is 12.9. The minimum Gasteiger partial charge on any atom is -0.338 e. The number of likely N-dealkylation sites (tertiary alicyclic amines) is 1. The van der Waals surface area contributed by atoms with E-state index in [9.17, 15) is 9.59 Å². The molecule has 0 bridgehead atoms. The number of hydrogen-bond donors (Lipinski definition) is 1. The minimum atomic E-state index is -0.147. The number of piperidine rings is 1. The molecule has 1 atom stereocenters. The molecule has 0 aliphatic carbocycles. The van der Waals surface area contributed by atoms with Crippen LogP contribution in [0, 0.1) is 5.92 Å². The average Bonchev–Trinajstić information content (AvgIpc) is 3.21. The number of fused-ring (bicyclic) bond motifs is 1. The molecule has 0 radical (unpaired) electrons. The van der Waals surface area contributed by atoms with Gasteiger partial charge >= 0.3 is 0 Å². The van der Waals surface area contributed by atoms with Gasteiger partial charge in [0.15, 0.2) is 5.78 Å². The standard InChI is InChI=1S/C20H19N3O2/c24-19(16-8-7-14-4-1-2-5-15(14)10-16)17-6-3-9-23(13-17)20(25)18-11-21-22-12-18/h1-2,4-5,7-8,10-12,17H,3,6,9,13H2,(H,21,22)/t17-/m0/s1. The maximum absolute atomic E-state index is 12.9. The van der Waals surface area contributed by atoms with E-state index in [0.717, 1.165) is 29.2 Å². The second kappa shape index (κ2) is 6.51. The summed E-state index contributed by atoms with van der Waals surface area (Å²) in [5.74, 6) is -0.0917. The third kappa shape index (κ3) is 3.05. The van der Waals surface area contributed by atoms with Gasteiger partial charge in [0.2, 0.25) is 0 Å². The molecule has 3 aromatic rings. The Balaban J connectivity index is 1.53. The van der Waals surface area contributed by atoms with E-state index in [4.69, 9.17) is 0 Å². The summed E-state index contributed by atoms with van der Waals surface area (Å²) in [5.41, 5.74) is 1.26. The fraction of sp³-hybridized carbons (Fsp3) is 0.250. The van der Waals surface area contributed by atoms with Crippen molar-refractivity contribution in [3.8, 4) is 0 Å². The Labute approximate surface area is 145 Å². The number of aromatic nitrogens is 2. The number of aromatic amines is 1. The quantitative estimate of drug-likeness (QED) is 0.748. The SMILES string of the molecule is O=C(c1ccc2ccccc2c1)[C@H]1CCCN(C(=O)c2cn[nH]c2)C1. The van der Waals surface area contributed by atoms with E-state index in [0.29, 0.717) is 18.7 Å². The summed E-state index contributed by atoms with van der Waals surface area (Å²) >= 11 is 0. The van der Waals surface area contributed by atoms with E-state index >= 15 is 0 Å². The molecular weight excluding hydrogens is 314 g/mol. The van der Waals surface area contributed by atoms with Crippen LogP contribution in [0.5, 0.6) is 0 Å². The number of nitrogens with one attached hydrogen (secondary N) is 1. The van der Waals surface area contributed by atoms with E-state index < -0.39 is 0 Å². The topological polar surface area (TPSA) is 66.1 Å². The lowest BCUT2D eigenvalue weighted by Gasteiger charge is -2.31. The summed E-state index contributed by atoms with van der Waals surface area (Å²) in [4.78, 5) is 27.2. The molecule has 1 saturated heterocycles. The zero-order chi connectivity index (χ0) is 17.2. The van der Waals surface area contributed by atoms with Crippen molar-refractivity contribution in [1.29, 1.82) is 0 Å². The Bertz CT molecular complexity index is 918. The number of carbonyl (C=O) groups excluding carboxylic acids is 2. The van der Waals surface area contributed by atoms with Crippen molar-refractivity contribution >= 4 is 22.5 Å². The van der Waals surface area contributed by atoms with Crippen molar-refractivity contribution in [3.63, 3.8) is 0 Å². The van der Waals surface area contributed by atoms with E-state index in [1.807, 2.05) is 42.5 Å². The number of rotatable bonds is 3. The van der Waals surface area contributed by atoms with Crippen molar-refractivity contribution in [2.45, 2.75) is 12.8 Å². The Morgan fingerprint density at radius 2 is 1.92 bits per heavy atom. The van der Waals surface area contributed by atoms with Crippen molar-refractivity contribution in [1.82, 2.24) is 15.1 Å². The molecule has 25 heavy (non-hydrogen) atoms. The van der Waals surface area contributed by atoms with Crippen LogP contribution in [0.3, 0.4) is 0 Å². The van der Waals surface area contributed by atoms with E-state index in [1.165, 1.54) is 6.20 Å². The van der Waals surface area contributed by atoms with Crippen molar-refractivity contribution in [3.05, 3.63) is 66.0 Å². The first kappa shape index (κ1) is 15.6. The number of hydrogen-bond acceptors (Lipinski definition) is 3. The van der Waals surface area contributed by atoms with Gasteiger partial charge in [-0.3, -0.25) is 14.7 Å². The van der Waals surface area contributed by atoms with Crippen LogP contribution in [-0.4, -0.2) is 39.9 Å². The highest BCUT2D eigenvalue weighted by Crippen LogP contribution is 2.24. The molecule has 1 aliphatic rings. The molecule has 5 nitrogen and oxygen atoms in total. The predicted molar refractivity (Wildman–Crippen MR) is 95.5 cm³/mol. The lowest BCUT2D eigenvalue weighted by molar-refractivity contribution is 0.0637. The number of Topliss-reactive ketones (excluding diaryl/α,β-unsaturated/α-hetero) is 1. The van der Waals surface area contributed by atoms with Crippen molar-refractivity contribution < 1.29 is 9.59 Å². The Morgan fingerprint density at radius 1 is 1.08 bits per heavy atom. The molecule has 2 heterocycles. The monoisotopic (exact) mass is 333 g/mol. The van der Waals surface area contributed by atoms with Crippen LogP contribution in [0.2, 0.25) is 0 Å². The zero-order valence-corrected chi connectivity index (χ0v) is 13.8. The van der Waals surface area contributed by atoms with Gasteiger partial charge < -0.3 is 4.90 Å². The van der Waals surface area contributed by atoms with Gasteiger partial charge in [0.1, 0.15) is 0 Å². The molecule has 1 aromatic heterocycles. The van der Waals surface area contributed by atoms with Crippen LogP contribution in [0.25, 0.3) is 10.8 Å². The van der Waals surface area contributed by atoms with Gasteiger partial charge in [-0.2, -0.15) is 5.10 Å². The predicted octanol–water partition coefficient (Wildman–Crippen LogP) is 3.30. The van der Waals surface area contributed by atoms with Gasteiger partial charge in [-0.05, 0) is 29.7 Å². The minimum absolute atomic E-state index is 0.0650. The van der Waals surface area contributed by atoms with Crippen LogP contribution in [0.15, 0.2) is 54.9 Å². The molecule has 5 heteroatoms. The van der Waals surface area contributed by atoms with Crippen LogP contribution < -0.4 is 0 Å². The number of amides is 1. The number of carbonyl (C=O) groups is 2. The summed E-state index contributed by atoms with van der Waals surface area (Å²) in [5, 5.41) is 8.68. The highest BCUT2D eigenvalue weighted by atomic mass is 16.2. The molecule has 0 saturated carbocycles. The Kier molecular flexibility index (Phi) is 4.06. The highest BCUT2D eigenvalue weighted by molar-refractivity contribution is 6.02. The van der Waals surface area contributed by atoms with Crippen LogP contribution in [0.4, 0.5) is 0 Å². The van der Waals surface area contributed by atoms with Crippen molar-refractivity contribution in [2.24, 2.45) is 5.92 Å². The van der Waals surface area contributed by atoms with E-state index in [2.05, 4.69) is 10.2 Å². The molecule has 126 valence electrons. The number of ketones is 1. The smallest absolute Gasteiger partial charge is 0.257 e. The zero-order valence-electron chi connectivity index (χ0n) is 13.8. The van der Waals surface area contributed by atoms with Gasteiger partial charge in [0, 0.05) is 30.8 Å². The third-order valence-electron chi connectivity index (χ3n) is 4.86. The highest BCUT2D eigenvalue weighted by Gasteiger charge is 2.29. The summed E-state index contributed by atoms with van der Waals surface area (Å²) in [7, 11) is 0. The molecule has 0 unspecified atom stereocenters. The largest absolute Gasteiger partial charge is 0.338 e. The number of benzene rings is 2. The van der Waals surface area contributed by atoms with Gasteiger partial charge in [-0.15, -0.1) is 0 Å². The Morgan fingerprint density at radius 3 is 2.72 bits per heavy atom. The lowest BCUT2D eigenvalue weighted by atomic mass is 9.89. The molecule has 1 aliphatic heterocycles. The van der Waals surface area contributed by atoms with Crippen LogP contribution in [-0.2, 0) is 0 Å². The maximum Gasteiger partial charge on any atom is 0.257 e. The van der Waals surface area contributed by atoms with Gasteiger partial charge in [-0.25, -0.2) is 0 Å². The van der Waals surface area contributed by atoms with Crippen LogP contribution in [0.1, 0.15) is 33.6 Å². The number of nitrogens with zero attached hydrogens (tertiary/aromatic N) is 2. The fourth-order valence-electron chi connectivity index (χ4n) is 3.50. The fourth-order valence-corrected chi connectivity index (χ4v) is 3.50. The number of H-pyrrole nitrogens is 1. The summed E-state index contributed by atoms with van der Waals surface area (Å²) in [6, 6.07) is 13.8. The van der Waals surface area contributed by atoms with Crippen molar-refractivity contribution in [2.75, 3.05) is 13.1 Å². The summed E-state index contributed by atoms with van der Waals surface area (Å²) in [6.07, 6.45) is 4.78. The molecule has 4 rings (SSSR count). The summed E-state index contributed by atoms with van der Waals surface area (Å²) in [6.45, 7) is 1.15. The molecular formula is C20H19N3O2.